The zero-order valence-corrected chi connectivity index (χ0v) is 15.9. The Morgan fingerprint density at radius 3 is 2.32 bits per heavy atom. The molecule has 118 valence electrons. The van der Waals surface area contributed by atoms with Gasteiger partial charge in [0.25, 0.3) is 0 Å². The Bertz CT molecular complexity index is 519. The summed E-state index contributed by atoms with van der Waals surface area (Å²) in [5.41, 5.74) is 4.50. The summed E-state index contributed by atoms with van der Waals surface area (Å²) >= 11 is 0. The summed E-state index contributed by atoms with van der Waals surface area (Å²) in [6, 6.07) is 10.4. The Kier molecular flexibility index (Phi) is 9.11. The SMILES string of the molecule is O=S(=O)([O-])CCCNN1CCN(Cc2ccccc2)CC1.[Na+]. The van der Waals surface area contributed by atoms with Gasteiger partial charge in [0.2, 0.25) is 0 Å². The Hall–Kier alpha value is 0.01000. The zero-order valence-electron chi connectivity index (χ0n) is 13.1. The van der Waals surface area contributed by atoms with Gasteiger partial charge in [0.05, 0.1) is 10.1 Å². The standard InChI is InChI=1S/C14H23N3O3S.Na/c18-21(19,20)12-4-7-15-17-10-8-16(9-11-17)13-14-5-2-1-3-6-14;/h1-3,5-6,15H,4,7-13H2,(H,18,19,20);/q;+1/p-1. The van der Waals surface area contributed by atoms with Crippen LogP contribution in [-0.2, 0) is 16.7 Å². The smallest absolute Gasteiger partial charge is 0.748 e. The Morgan fingerprint density at radius 2 is 1.73 bits per heavy atom. The molecule has 0 unspecified atom stereocenters. The van der Waals surface area contributed by atoms with Crippen LogP contribution in [0.1, 0.15) is 12.0 Å². The van der Waals surface area contributed by atoms with Gasteiger partial charge in [-0.05, 0) is 12.0 Å². The molecule has 0 amide bonds. The summed E-state index contributed by atoms with van der Waals surface area (Å²) in [5.74, 6) is -0.298. The Balaban J connectivity index is 0.00000242. The first-order chi connectivity index (χ1) is 10.0. The van der Waals surface area contributed by atoms with Gasteiger partial charge >= 0.3 is 29.6 Å². The largest absolute Gasteiger partial charge is 1.00 e. The van der Waals surface area contributed by atoms with Crippen molar-refractivity contribution in [3.05, 3.63) is 35.9 Å². The van der Waals surface area contributed by atoms with Gasteiger partial charge in [-0.2, -0.15) is 0 Å². The van der Waals surface area contributed by atoms with Crippen LogP contribution >= 0.6 is 0 Å². The van der Waals surface area contributed by atoms with Crippen LogP contribution in [0.4, 0.5) is 0 Å². The predicted octanol–water partition coefficient (Wildman–Crippen LogP) is -2.75. The minimum Gasteiger partial charge on any atom is -0.748 e. The van der Waals surface area contributed by atoms with E-state index in [1.807, 2.05) is 6.07 Å². The van der Waals surface area contributed by atoms with E-state index in [0.717, 1.165) is 32.7 Å². The predicted molar refractivity (Wildman–Crippen MR) is 80.5 cm³/mol. The molecule has 1 fully saturated rings. The fourth-order valence-electron chi connectivity index (χ4n) is 2.39. The number of rotatable bonds is 7. The fraction of sp³-hybridized carbons (Fsp3) is 0.571. The molecule has 6 nitrogen and oxygen atoms in total. The monoisotopic (exact) mass is 335 g/mol. The molecule has 0 bridgehead atoms. The maximum absolute atomic E-state index is 10.5. The Labute approximate surface area is 154 Å². The second-order valence-electron chi connectivity index (χ2n) is 5.27. The van der Waals surface area contributed by atoms with Gasteiger partial charge in [-0.1, -0.05) is 30.3 Å². The number of hydrogen-bond donors (Lipinski definition) is 1. The third kappa shape index (κ3) is 8.03. The van der Waals surface area contributed by atoms with Crippen molar-refractivity contribution in [1.82, 2.24) is 15.3 Å². The molecule has 1 aliphatic rings. The van der Waals surface area contributed by atoms with Gasteiger partial charge in [0, 0.05) is 45.0 Å². The molecule has 22 heavy (non-hydrogen) atoms. The van der Waals surface area contributed by atoms with E-state index in [1.165, 1.54) is 5.56 Å². The van der Waals surface area contributed by atoms with E-state index < -0.39 is 10.1 Å². The summed E-state index contributed by atoms with van der Waals surface area (Å²) in [7, 11) is -4.09. The molecule has 1 aliphatic heterocycles. The molecule has 1 aromatic carbocycles. The molecule has 1 N–H and O–H groups in total. The minimum atomic E-state index is -4.09. The molecular weight excluding hydrogens is 313 g/mol. The van der Waals surface area contributed by atoms with E-state index in [-0.39, 0.29) is 35.3 Å². The summed E-state index contributed by atoms with van der Waals surface area (Å²) in [6.45, 7) is 5.24. The average molecular weight is 335 g/mol. The van der Waals surface area contributed by atoms with E-state index in [0.29, 0.717) is 13.0 Å². The summed E-state index contributed by atoms with van der Waals surface area (Å²) < 4.78 is 31.5. The number of piperazine rings is 1. The first-order valence-electron chi connectivity index (χ1n) is 7.21. The first-order valence-corrected chi connectivity index (χ1v) is 8.79. The van der Waals surface area contributed by atoms with E-state index in [4.69, 9.17) is 0 Å². The molecule has 0 radical (unpaired) electrons. The van der Waals surface area contributed by atoms with Gasteiger partial charge in [0.15, 0.2) is 0 Å². The van der Waals surface area contributed by atoms with Gasteiger partial charge < -0.3 is 4.55 Å². The molecule has 0 spiro atoms. The van der Waals surface area contributed by atoms with Crippen LogP contribution in [0.25, 0.3) is 0 Å². The van der Waals surface area contributed by atoms with E-state index >= 15 is 0 Å². The Morgan fingerprint density at radius 1 is 1.09 bits per heavy atom. The van der Waals surface area contributed by atoms with E-state index in [2.05, 4.69) is 39.6 Å². The molecule has 1 heterocycles. The van der Waals surface area contributed by atoms with Crippen molar-refractivity contribution in [1.29, 1.82) is 0 Å². The van der Waals surface area contributed by atoms with Crippen LogP contribution in [0.2, 0.25) is 0 Å². The van der Waals surface area contributed by atoms with Crippen LogP contribution in [0.15, 0.2) is 30.3 Å². The molecule has 0 aromatic heterocycles. The molecule has 0 atom stereocenters. The van der Waals surface area contributed by atoms with E-state index in [1.54, 1.807) is 0 Å². The molecule has 2 rings (SSSR count). The molecule has 1 saturated heterocycles. The number of hydrogen-bond acceptors (Lipinski definition) is 6. The zero-order chi connectivity index (χ0) is 15.1. The van der Waals surface area contributed by atoms with Crippen molar-refractivity contribution in [3.63, 3.8) is 0 Å². The van der Waals surface area contributed by atoms with Gasteiger partial charge in [0.1, 0.15) is 0 Å². The third-order valence-electron chi connectivity index (χ3n) is 3.53. The topological polar surface area (TPSA) is 75.7 Å². The van der Waals surface area contributed by atoms with Crippen molar-refractivity contribution in [2.45, 2.75) is 13.0 Å². The van der Waals surface area contributed by atoms with Crippen LogP contribution in [0.5, 0.6) is 0 Å². The number of nitrogens with zero attached hydrogens (tertiary/aromatic N) is 2. The summed E-state index contributed by atoms with van der Waals surface area (Å²) in [4.78, 5) is 2.40. The van der Waals surface area contributed by atoms with Crippen LogP contribution in [-0.4, -0.2) is 61.4 Å². The molecular formula is C14H22N3NaO3S. The van der Waals surface area contributed by atoms with Crippen LogP contribution in [0, 0.1) is 0 Å². The molecule has 0 aliphatic carbocycles. The quantitative estimate of drug-likeness (QED) is 0.331. The maximum atomic E-state index is 10.5. The molecule has 1 aromatic rings. The second kappa shape index (κ2) is 10.00. The van der Waals surface area contributed by atoms with Crippen LogP contribution < -0.4 is 35.0 Å². The molecule has 8 heteroatoms. The van der Waals surface area contributed by atoms with E-state index in [9.17, 15) is 13.0 Å². The third-order valence-corrected chi connectivity index (χ3v) is 4.32. The van der Waals surface area contributed by atoms with Crippen molar-refractivity contribution in [3.8, 4) is 0 Å². The van der Waals surface area contributed by atoms with Gasteiger partial charge in [-0.15, -0.1) is 0 Å². The van der Waals surface area contributed by atoms with Crippen molar-refractivity contribution in [2.75, 3.05) is 38.5 Å². The van der Waals surface area contributed by atoms with Crippen molar-refractivity contribution >= 4 is 10.1 Å². The normalized spacial score (nSPS) is 17.1. The summed E-state index contributed by atoms with van der Waals surface area (Å²) in [5, 5.41) is 2.10. The minimum absolute atomic E-state index is 0. The second-order valence-corrected chi connectivity index (χ2v) is 6.80. The van der Waals surface area contributed by atoms with Crippen LogP contribution in [0.3, 0.4) is 0 Å². The van der Waals surface area contributed by atoms with Crippen molar-refractivity contribution < 1.29 is 42.5 Å². The van der Waals surface area contributed by atoms with Gasteiger partial charge in [-0.25, -0.2) is 13.4 Å². The maximum Gasteiger partial charge on any atom is 1.00 e. The first kappa shape index (κ1) is 20.1. The van der Waals surface area contributed by atoms with Crippen molar-refractivity contribution in [2.24, 2.45) is 0 Å². The number of hydrazine groups is 1. The number of nitrogens with one attached hydrogen (secondary N) is 1. The average Bonchev–Trinajstić information content (AvgIpc) is 2.45. The number of benzene rings is 1. The molecule has 0 saturated carbocycles. The van der Waals surface area contributed by atoms with Gasteiger partial charge in [-0.3, -0.25) is 10.3 Å². The summed E-state index contributed by atoms with van der Waals surface area (Å²) in [6.07, 6.45) is 0.357. The fourth-order valence-corrected chi connectivity index (χ4v) is 2.89.